The van der Waals surface area contributed by atoms with Gasteiger partial charge in [-0.1, -0.05) is 110 Å². The van der Waals surface area contributed by atoms with Crippen LogP contribution in [0.2, 0.25) is 6.32 Å². The van der Waals surface area contributed by atoms with Crippen molar-refractivity contribution < 1.29 is 9.53 Å². The van der Waals surface area contributed by atoms with Crippen LogP contribution in [0.25, 0.3) is 0 Å². The van der Waals surface area contributed by atoms with E-state index in [0.717, 1.165) is 6.32 Å². The third kappa shape index (κ3) is 28.6. The van der Waals surface area contributed by atoms with Crippen LogP contribution in [0.4, 0.5) is 0 Å². The Kier molecular flexibility index (Phi) is 25.2. The maximum absolute atomic E-state index is 10.4. The smallest absolute Gasteiger partial charge is 0.305 e. The largest absolute Gasteiger partial charge is 0.463 e. The van der Waals surface area contributed by atoms with Crippen molar-refractivity contribution in [1.29, 1.82) is 0 Å². The first-order chi connectivity index (χ1) is 12.1. The van der Waals surface area contributed by atoms with Gasteiger partial charge in [0, 0.05) is 6.42 Å². The molecule has 0 saturated carbocycles. The summed E-state index contributed by atoms with van der Waals surface area (Å²) in [4.78, 5) is 10.4. The number of ether oxygens (including phenoxy) is 1. The molecule has 0 bridgehead atoms. The summed E-state index contributed by atoms with van der Waals surface area (Å²) < 4.78 is 4.76. The molecule has 0 rings (SSSR count). The molecule has 0 aromatic heterocycles. The summed E-state index contributed by atoms with van der Waals surface area (Å²) in [5.74, 6) is -0.125. The van der Waals surface area contributed by atoms with Gasteiger partial charge in [0.25, 0.3) is 0 Å². The van der Waals surface area contributed by atoms with Crippen molar-refractivity contribution in [1.82, 2.24) is 0 Å². The normalized spacial score (nSPS) is 10.4. The molecular weight excluding hydrogens is 307 g/mol. The Balaban J connectivity index is 0. The SMILES string of the molecule is CCC(=O)OC(C)C.[B]CCCCCCCCCCCCCCCC. The first kappa shape index (κ1) is 26.8. The van der Waals surface area contributed by atoms with Crippen LogP contribution in [0.1, 0.15) is 124 Å². The lowest BCUT2D eigenvalue weighted by atomic mass is 9.98. The van der Waals surface area contributed by atoms with E-state index in [1.807, 2.05) is 13.8 Å². The zero-order valence-electron chi connectivity index (χ0n) is 17.8. The molecule has 0 aliphatic rings. The summed E-state index contributed by atoms with van der Waals surface area (Å²) in [6.45, 7) is 7.75. The van der Waals surface area contributed by atoms with Crippen LogP contribution in [-0.4, -0.2) is 19.9 Å². The molecule has 0 saturated heterocycles. The number of carbonyl (C=O) groups excluding carboxylic acids is 1. The monoisotopic (exact) mass is 352 g/mol. The maximum Gasteiger partial charge on any atom is 0.305 e. The van der Waals surface area contributed by atoms with Crippen molar-refractivity contribution in [2.75, 3.05) is 0 Å². The molecule has 0 aromatic rings. The van der Waals surface area contributed by atoms with E-state index >= 15 is 0 Å². The van der Waals surface area contributed by atoms with Gasteiger partial charge in [0.05, 0.1) is 14.0 Å². The van der Waals surface area contributed by atoms with E-state index < -0.39 is 0 Å². The minimum absolute atomic E-state index is 0.0300. The van der Waals surface area contributed by atoms with E-state index in [1.165, 1.54) is 89.9 Å². The Labute approximate surface area is 160 Å². The van der Waals surface area contributed by atoms with Crippen LogP contribution >= 0.6 is 0 Å². The lowest BCUT2D eigenvalue weighted by Crippen LogP contribution is -2.09. The van der Waals surface area contributed by atoms with Crippen molar-refractivity contribution in [3.63, 3.8) is 0 Å². The van der Waals surface area contributed by atoms with Crippen LogP contribution in [0, 0.1) is 0 Å². The fourth-order valence-corrected chi connectivity index (χ4v) is 2.69. The van der Waals surface area contributed by atoms with Gasteiger partial charge >= 0.3 is 5.97 Å². The van der Waals surface area contributed by atoms with Gasteiger partial charge in [0.15, 0.2) is 0 Å². The summed E-state index contributed by atoms with van der Waals surface area (Å²) in [5, 5.41) is 0. The molecule has 0 spiro atoms. The molecule has 2 radical (unpaired) electrons. The van der Waals surface area contributed by atoms with E-state index in [-0.39, 0.29) is 12.1 Å². The number of hydrogen-bond donors (Lipinski definition) is 0. The Morgan fingerprint density at radius 2 is 1.08 bits per heavy atom. The third-order valence-electron chi connectivity index (χ3n) is 4.21. The van der Waals surface area contributed by atoms with E-state index in [2.05, 4.69) is 6.92 Å². The summed E-state index contributed by atoms with van der Waals surface area (Å²) in [5.41, 5.74) is 0. The molecule has 0 atom stereocenters. The average molecular weight is 352 g/mol. The third-order valence-corrected chi connectivity index (χ3v) is 4.21. The van der Waals surface area contributed by atoms with E-state index in [4.69, 9.17) is 12.6 Å². The van der Waals surface area contributed by atoms with E-state index in [9.17, 15) is 4.79 Å². The molecule has 0 fully saturated rings. The van der Waals surface area contributed by atoms with Crippen molar-refractivity contribution in [2.24, 2.45) is 0 Å². The van der Waals surface area contributed by atoms with Gasteiger partial charge in [-0.25, -0.2) is 0 Å². The van der Waals surface area contributed by atoms with Crippen LogP contribution < -0.4 is 0 Å². The molecule has 0 heterocycles. The first-order valence-electron chi connectivity index (χ1n) is 11.0. The van der Waals surface area contributed by atoms with Gasteiger partial charge in [0.2, 0.25) is 0 Å². The summed E-state index contributed by atoms with van der Waals surface area (Å²) in [6, 6.07) is 0. The standard InChI is InChI=1S/C16H33B.C6H12O2/c1-2-3-4-5-6-7-8-9-10-11-12-13-14-15-16-17;1-4-6(7)8-5(2)3/h2-16H2,1H3;5H,4H2,1-3H3. The van der Waals surface area contributed by atoms with E-state index in [0.29, 0.717) is 6.42 Å². The van der Waals surface area contributed by atoms with Gasteiger partial charge in [-0.3, -0.25) is 4.79 Å². The predicted molar refractivity (Wildman–Crippen MR) is 112 cm³/mol. The second-order valence-electron chi connectivity index (χ2n) is 7.28. The second kappa shape index (κ2) is 23.5. The minimum atomic E-state index is -0.125. The van der Waals surface area contributed by atoms with Gasteiger partial charge < -0.3 is 4.74 Å². The molecule has 25 heavy (non-hydrogen) atoms. The van der Waals surface area contributed by atoms with Crippen molar-refractivity contribution in [3.05, 3.63) is 0 Å². The van der Waals surface area contributed by atoms with Crippen molar-refractivity contribution in [3.8, 4) is 0 Å². The van der Waals surface area contributed by atoms with Crippen LogP contribution in [0.15, 0.2) is 0 Å². The van der Waals surface area contributed by atoms with Gasteiger partial charge in [-0.05, 0) is 13.8 Å². The molecule has 0 aliphatic heterocycles. The molecule has 2 nitrogen and oxygen atoms in total. The lowest BCUT2D eigenvalue weighted by molar-refractivity contribution is -0.146. The quantitative estimate of drug-likeness (QED) is 0.164. The zero-order chi connectivity index (χ0) is 19.2. The Hall–Kier alpha value is -0.465. The van der Waals surface area contributed by atoms with Crippen LogP contribution in [0.3, 0.4) is 0 Å². The predicted octanol–water partition coefficient (Wildman–Crippen LogP) is 7.40. The first-order valence-corrected chi connectivity index (χ1v) is 11.0. The maximum atomic E-state index is 10.4. The zero-order valence-corrected chi connectivity index (χ0v) is 17.8. The topological polar surface area (TPSA) is 26.3 Å². The molecule has 0 N–H and O–H groups in total. The molecule has 0 unspecified atom stereocenters. The molecule has 0 amide bonds. The average Bonchev–Trinajstić information content (AvgIpc) is 2.59. The van der Waals surface area contributed by atoms with Crippen molar-refractivity contribution >= 4 is 13.8 Å². The summed E-state index contributed by atoms with van der Waals surface area (Å²) in [6.07, 6.45) is 21.2. The van der Waals surface area contributed by atoms with Crippen molar-refractivity contribution in [2.45, 2.75) is 136 Å². The fraction of sp³-hybridized carbons (Fsp3) is 0.955. The number of carbonyl (C=O) groups is 1. The summed E-state index contributed by atoms with van der Waals surface area (Å²) >= 11 is 0. The molecule has 3 heteroatoms. The second-order valence-corrected chi connectivity index (χ2v) is 7.28. The molecular formula is C22H45BO2. The highest BCUT2D eigenvalue weighted by Crippen LogP contribution is 2.13. The lowest BCUT2D eigenvalue weighted by Gasteiger charge is -2.04. The molecule has 0 aromatic carbocycles. The highest BCUT2D eigenvalue weighted by atomic mass is 16.5. The Morgan fingerprint density at radius 1 is 0.720 bits per heavy atom. The number of hydrogen-bond acceptors (Lipinski definition) is 2. The Bertz CT molecular complexity index is 240. The van der Waals surface area contributed by atoms with Gasteiger partial charge in [-0.15, -0.1) is 0 Å². The fourth-order valence-electron chi connectivity index (χ4n) is 2.69. The number of esters is 1. The summed E-state index contributed by atoms with van der Waals surface area (Å²) in [7, 11) is 5.47. The van der Waals surface area contributed by atoms with Crippen LogP contribution in [0.5, 0.6) is 0 Å². The molecule has 0 aliphatic carbocycles. The number of unbranched alkanes of at least 4 members (excludes halogenated alkanes) is 13. The van der Waals surface area contributed by atoms with Crippen LogP contribution in [-0.2, 0) is 9.53 Å². The minimum Gasteiger partial charge on any atom is -0.463 e. The molecule has 148 valence electrons. The highest BCUT2D eigenvalue weighted by molar-refractivity contribution is 6.08. The Morgan fingerprint density at radius 3 is 1.32 bits per heavy atom. The van der Waals surface area contributed by atoms with E-state index in [1.54, 1.807) is 6.92 Å². The number of rotatable bonds is 16. The van der Waals surface area contributed by atoms with Gasteiger partial charge in [0.1, 0.15) is 0 Å². The highest BCUT2D eigenvalue weighted by Gasteiger charge is 1.99. The van der Waals surface area contributed by atoms with Gasteiger partial charge in [-0.2, -0.15) is 0 Å².